The number of fused-ring (bicyclic) bond motifs is 4. The molecule has 0 heterocycles. The second kappa shape index (κ2) is 8.19. The normalized spacial score (nSPS) is 37.1. The number of allylic oxidation sites excluding steroid dienone is 10. The molecule has 0 aliphatic heterocycles. The summed E-state index contributed by atoms with van der Waals surface area (Å²) < 4.78 is 0. The molecule has 6 aliphatic carbocycles. The van der Waals surface area contributed by atoms with Gasteiger partial charge in [0.1, 0.15) is 0 Å². The van der Waals surface area contributed by atoms with Gasteiger partial charge in [0.2, 0.25) is 0 Å². The maximum atomic E-state index is 2.57. The van der Waals surface area contributed by atoms with Crippen LogP contribution in [0, 0.1) is 34.5 Å². The van der Waals surface area contributed by atoms with Crippen molar-refractivity contribution in [3.63, 3.8) is 0 Å². The van der Waals surface area contributed by atoms with E-state index in [0.717, 1.165) is 11.8 Å². The summed E-state index contributed by atoms with van der Waals surface area (Å²) in [6.07, 6.45) is 36.0. The van der Waals surface area contributed by atoms with E-state index in [0.29, 0.717) is 23.7 Å². The van der Waals surface area contributed by atoms with Crippen LogP contribution >= 0.6 is 0 Å². The van der Waals surface area contributed by atoms with Crippen LogP contribution in [0.2, 0.25) is 0 Å². The number of rotatable bonds is 4. The SMILES string of the molecule is C1=CC(C2(C3C=Cc4ccccc43)CC3CC(C2)CC(C2C=CC=C2)(C2C=Cc4ccccc42)C3)C=C1. The Hall–Kier alpha value is -3.12. The van der Waals surface area contributed by atoms with Gasteiger partial charge in [-0.3, -0.25) is 0 Å². The van der Waals surface area contributed by atoms with Crippen LogP contribution in [0.5, 0.6) is 0 Å². The molecule has 2 aromatic carbocycles. The fraction of sp³-hybridized carbons (Fsp3) is 0.351. The van der Waals surface area contributed by atoms with Crippen LogP contribution in [0.15, 0.2) is 109 Å². The van der Waals surface area contributed by atoms with Crippen LogP contribution in [-0.4, -0.2) is 0 Å². The first-order valence-corrected chi connectivity index (χ1v) is 14.5. The Morgan fingerprint density at radius 3 is 1.32 bits per heavy atom. The Labute approximate surface area is 221 Å². The van der Waals surface area contributed by atoms with Gasteiger partial charge in [-0.15, -0.1) is 0 Å². The Balaban J connectivity index is 1.20. The molecule has 8 rings (SSSR count). The minimum absolute atomic E-state index is 0.289. The van der Waals surface area contributed by atoms with Crippen molar-refractivity contribution in [2.75, 3.05) is 0 Å². The van der Waals surface area contributed by atoms with Crippen molar-refractivity contribution < 1.29 is 0 Å². The lowest BCUT2D eigenvalue weighted by Crippen LogP contribution is -2.50. The second-order valence-electron chi connectivity index (χ2n) is 12.8. The van der Waals surface area contributed by atoms with Crippen molar-refractivity contribution in [1.29, 1.82) is 0 Å². The van der Waals surface area contributed by atoms with Gasteiger partial charge >= 0.3 is 0 Å². The highest BCUT2D eigenvalue weighted by Gasteiger charge is 2.57. The number of benzene rings is 2. The van der Waals surface area contributed by atoms with E-state index in [1.165, 1.54) is 43.2 Å². The molecule has 0 N–H and O–H groups in total. The monoisotopic (exact) mass is 480 g/mol. The van der Waals surface area contributed by atoms with Gasteiger partial charge in [0.05, 0.1) is 0 Å². The van der Waals surface area contributed by atoms with Gasteiger partial charge in [0.15, 0.2) is 0 Å². The topological polar surface area (TPSA) is 0 Å². The van der Waals surface area contributed by atoms with Gasteiger partial charge < -0.3 is 0 Å². The quantitative estimate of drug-likeness (QED) is 0.409. The minimum Gasteiger partial charge on any atom is -0.0770 e. The number of hydrogen-bond donors (Lipinski definition) is 0. The molecule has 2 atom stereocenters. The first-order chi connectivity index (χ1) is 18.3. The van der Waals surface area contributed by atoms with Crippen LogP contribution < -0.4 is 0 Å². The molecule has 0 heteroatoms. The average Bonchev–Trinajstić information content (AvgIpc) is 3.75. The smallest absolute Gasteiger partial charge is 0.00925 e. The third-order valence-electron chi connectivity index (χ3n) is 11.0. The standard InChI is InChI=1S/C37H36/c1-7-15-32-28(9-1)17-19-34(32)36(30-11-3-4-12-30)22-26-21-27(23-36)25-37(24-26,31-13-5-6-14-31)35-20-18-29-10-2-8-16-33(29)35/h1-20,26-27,30-31,34-35H,21-25H2. The lowest BCUT2D eigenvalue weighted by molar-refractivity contribution is -0.0450. The van der Waals surface area contributed by atoms with E-state index in [9.17, 15) is 0 Å². The van der Waals surface area contributed by atoms with Gasteiger partial charge in [-0.2, -0.15) is 0 Å². The molecule has 0 aromatic heterocycles. The van der Waals surface area contributed by atoms with E-state index in [4.69, 9.17) is 0 Å². The Morgan fingerprint density at radius 1 is 0.486 bits per heavy atom. The van der Waals surface area contributed by atoms with E-state index in [1.807, 2.05) is 0 Å². The molecule has 6 aliphatic rings. The highest BCUT2D eigenvalue weighted by Crippen LogP contribution is 2.67. The van der Waals surface area contributed by atoms with E-state index in [1.54, 1.807) is 11.1 Å². The summed E-state index contributed by atoms with van der Waals surface area (Å²) in [5.74, 6) is 3.70. The Kier molecular flexibility index (Phi) is 4.85. The summed E-state index contributed by atoms with van der Waals surface area (Å²) in [7, 11) is 0. The van der Waals surface area contributed by atoms with Crippen molar-refractivity contribution >= 4 is 12.2 Å². The van der Waals surface area contributed by atoms with Crippen LogP contribution in [0.4, 0.5) is 0 Å². The Morgan fingerprint density at radius 2 is 0.892 bits per heavy atom. The highest BCUT2D eigenvalue weighted by molar-refractivity contribution is 5.64. The molecule has 0 spiro atoms. The summed E-state index contributed by atoms with van der Waals surface area (Å²) in [6, 6.07) is 18.4. The van der Waals surface area contributed by atoms with E-state index in [2.05, 4.69) is 121 Å². The molecule has 2 aromatic rings. The summed E-state index contributed by atoms with van der Waals surface area (Å²) in [5.41, 5.74) is 6.59. The first kappa shape index (κ1) is 21.9. The lowest BCUT2D eigenvalue weighted by Gasteiger charge is -2.59. The predicted octanol–water partition coefficient (Wildman–Crippen LogP) is 9.27. The van der Waals surface area contributed by atoms with Crippen LogP contribution in [0.3, 0.4) is 0 Å². The molecule has 37 heavy (non-hydrogen) atoms. The highest BCUT2D eigenvalue weighted by atomic mass is 14.6. The van der Waals surface area contributed by atoms with E-state index < -0.39 is 0 Å². The lowest BCUT2D eigenvalue weighted by atomic mass is 9.45. The number of hydrogen-bond acceptors (Lipinski definition) is 0. The molecule has 0 amide bonds. The van der Waals surface area contributed by atoms with Crippen LogP contribution in [-0.2, 0) is 0 Å². The fourth-order valence-corrected chi connectivity index (χ4v) is 9.86. The average molecular weight is 481 g/mol. The van der Waals surface area contributed by atoms with Crippen molar-refractivity contribution in [2.24, 2.45) is 34.5 Å². The van der Waals surface area contributed by atoms with Crippen molar-refractivity contribution in [1.82, 2.24) is 0 Å². The van der Waals surface area contributed by atoms with Gasteiger partial charge in [0.25, 0.3) is 0 Å². The summed E-state index contributed by atoms with van der Waals surface area (Å²) in [6.45, 7) is 0. The van der Waals surface area contributed by atoms with Crippen molar-refractivity contribution in [2.45, 2.75) is 43.9 Å². The van der Waals surface area contributed by atoms with E-state index in [-0.39, 0.29) is 10.8 Å². The molecular weight excluding hydrogens is 444 g/mol. The summed E-state index contributed by atoms with van der Waals surface area (Å²) in [4.78, 5) is 0. The van der Waals surface area contributed by atoms with Crippen molar-refractivity contribution in [3.8, 4) is 0 Å². The maximum absolute atomic E-state index is 2.57. The minimum atomic E-state index is 0.289. The predicted molar refractivity (Wildman–Crippen MR) is 155 cm³/mol. The molecule has 2 bridgehead atoms. The molecule has 2 fully saturated rings. The van der Waals surface area contributed by atoms with Crippen LogP contribution in [0.1, 0.15) is 66.2 Å². The molecule has 0 saturated heterocycles. The molecule has 0 radical (unpaired) electrons. The molecule has 0 nitrogen and oxygen atoms in total. The largest absolute Gasteiger partial charge is 0.0770 e. The summed E-state index contributed by atoms with van der Waals surface area (Å²) >= 11 is 0. The van der Waals surface area contributed by atoms with Crippen molar-refractivity contribution in [3.05, 3.63) is 132 Å². The third kappa shape index (κ3) is 3.21. The molecular formula is C37H36. The van der Waals surface area contributed by atoms with E-state index >= 15 is 0 Å². The first-order valence-electron chi connectivity index (χ1n) is 14.5. The van der Waals surface area contributed by atoms with Gasteiger partial charge in [0, 0.05) is 23.7 Å². The summed E-state index contributed by atoms with van der Waals surface area (Å²) in [5, 5.41) is 0. The van der Waals surface area contributed by atoms with Gasteiger partial charge in [-0.25, -0.2) is 0 Å². The van der Waals surface area contributed by atoms with Gasteiger partial charge in [-0.05, 0) is 77.0 Å². The maximum Gasteiger partial charge on any atom is 0.00925 e. The Bertz CT molecular complexity index is 1260. The molecule has 2 saturated carbocycles. The van der Waals surface area contributed by atoms with Gasteiger partial charge in [-0.1, -0.05) is 121 Å². The fourth-order valence-electron chi connectivity index (χ4n) is 9.86. The molecule has 184 valence electrons. The zero-order valence-corrected chi connectivity index (χ0v) is 21.5. The second-order valence-corrected chi connectivity index (χ2v) is 12.8. The van der Waals surface area contributed by atoms with Crippen LogP contribution in [0.25, 0.3) is 12.2 Å². The zero-order chi connectivity index (χ0) is 24.5. The third-order valence-corrected chi connectivity index (χ3v) is 11.0. The zero-order valence-electron chi connectivity index (χ0n) is 21.5. The molecule has 2 unspecified atom stereocenters.